The Bertz CT molecular complexity index is 319. The summed E-state index contributed by atoms with van der Waals surface area (Å²) in [6.45, 7) is 0. The van der Waals surface area contributed by atoms with Gasteiger partial charge in [0.25, 0.3) is 0 Å². The lowest BCUT2D eigenvalue weighted by atomic mass is 9.92. The first-order valence-corrected chi connectivity index (χ1v) is 4.71. The highest BCUT2D eigenvalue weighted by Crippen LogP contribution is 2.53. The molecule has 1 heteroatoms. The topological polar surface area (TPSA) is 26.0 Å². The van der Waals surface area contributed by atoms with Crippen LogP contribution in [-0.4, -0.2) is 6.04 Å². The molecule has 1 saturated carbocycles. The molecule has 0 saturated heterocycles. The summed E-state index contributed by atoms with van der Waals surface area (Å²) in [4.78, 5) is 0. The lowest BCUT2D eigenvalue weighted by molar-refractivity contribution is 0.658. The molecule has 0 heterocycles. The third kappa shape index (κ3) is 0.721. The predicted molar refractivity (Wildman–Crippen MR) is 49.0 cm³/mol. The molecule has 3 unspecified atom stereocenters. The van der Waals surface area contributed by atoms with Crippen LogP contribution >= 0.6 is 0 Å². The zero-order valence-electron chi connectivity index (χ0n) is 7.03. The lowest BCUT2D eigenvalue weighted by Crippen LogP contribution is -2.02. The van der Waals surface area contributed by atoms with E-state index in [1.165, 1.54) is 24.0 Å². The maximum Gasteiger partial charge on any atom is 0.0146 e. The molecule has 62 valence electrons. The van der Waals surface area contributed by atoms with Crippen LogP contribution in [0.1, 0.15) is 23.5 Å². The SMILES string of the molecule is NC1C2CCc3ccccc3C12. The van der Waals surface area contributed by atoms with Crippen molar-refractivity contribution in [3.63, 3.8) is 0 Å². The first-order chi connectivity index (χ1) is 5.88. The number of aryl methyl sites for hydroxylation is 1. The molecule has 1 aromatic rings. The maximum atomic E-state index is 5.99. The van der Waals surface area contributed by atoms with Gasteiger partial charge in [0, 0.05) is 12.0 Å². The Morgan fingerprint density at radius 1 is 1.25 bits per heavy atom. The van der Waals surface area contributed by atoms with Crippen molar-refractivity contribution < 1.29 is 0 Å². The van der Waals surface area contributed by atoms with Crippen molar-refractivity contribution in [3.05, 3.63) is 35.4 Å². The zero-order valence-corrected chi connectivity index (χ0v) is 7.03. The molecule has 3 rings (SSSR count). The molecule has 3 atom stereocenters. The van der Waals surface area contributed by atoms with Crippen LogP contribution in [0.3, 0.4) is 0 Å². The van der Waals surface area contributed by atoms with E-state index in [1.54, 1.807) is 0 Å². The molecular weight excluding hydrogens is 146 g/mol. The van der Waals surface area contributed by atoms with E-state index >= 15 is 0 Å². The molecule has 0 bridgehead atoms. The Labute approximate surface area is 72.6 Å². The summed E-state index contributed by atoms with van der Waals surface area (Å²) >= 11 is 0. The average molecular weight is 159 g/mol. The molecule has 2 N–H and O–H groups in total. The van der Waals surface area contributed by atoms with Crippen LogP contribution in [0, 0.1) is 5.92 Å². The Morgan fingerprint density at radius 3 is 3.00 bits per heavy atom. The summed E-state index contributed by atoms with van der Waals surface area (Å²) in [5.74, 6) is 1.51. The van der Waals surface area contributed by atoms with Crippen molar-refractivity contribution >= 4 is 0 Å². The van der Waals surface area contributed by atoms with Crippen LogP contribution in [0.4, 0.5) is 0 Å². The summed E-state index contributed by atoms with van der Waals surface area (Å²) in [5, 5.41) is 0. The Balaban J connectivity index is 2.10. The summed E-state index contributed by atoms with van der Waals surface area (Å²) in [6.07, 6.45) is 2.55. The third-order valence-electron chi connectivity index (χ3n) is 3.39. The largest absolute Gasteiger partial charge is 0.327 e. The molecule has 1 aromatic carbocycles. The van der Waals surface area contributed by atoms with Crippen LogP contribution in [0.5, 0.6) is 0 Å². The minimum Gasteiger partial charge on any atom is -0.327 e. The van der Waals surface area contributed by atoms with E-state index in [1.807, 2.05) is 0 Å². The van der Waals surface area contributed by atoms with Crippen molar-refractivity contribution in [2.24, 2.45) is 11.7 Å². The molecule has 0 aliphatic heterocycles. The van der Waals surface area contributed by atoms with Gasteiger partial charge in [0.05, 0.1) is 0 Å². The minimum absolute atomic E-state index is 0.466. The monoisotopic (exact) mass is 159 g/mol. The van der Waals surface area contributed by atoms with Crippen LogP contribution in [0.15, 0.2) is 24.3 Å². The van der Waals surface area contributed by atoms with Crippen LogP contribution in [-0.2, 0) is 6.42 Å². The third-order valence-corrected chi connectivity index (χ3v) is 3.39. The van der Waals surface area contributed by atoms with Gasteiger partial charge in [-0.1, -0.05) is 24.3 Å². The van der Waals surface area contributed by atoms with Gasteiger partial charge < -0.3 is 5.73 Å². The molecule has 0 spiro atoms. The average Bonchev–Trinajstić information content (AvgIpc) is 2.78. The Hall–Kier alpha value is -0.820. The summed E-state index contributed by atoms with van der Waals surface area (Å²) in [5.41, 5.74) is 9.05. The van der Waals surface area contributed by atoms with Gasteiger partial charge in [0.15, 0.2) is 0 Å². The van der Waals surface area contributed by atoms with Gasteiger partial charge >= 0.3 is 0 Å². The molecular formula is C11H13N. The van der Waals surface area contributed by atoms with Crippen LogP contribution in [0.25, 0.3) is 0 Å². The normalized spacial score (nSPS) is 36.9. The highest BCUT2D eigenvalue weighted by molar-refractivity contribution is 5.40. The number of benzene rings is 1. The van der Waals surface area contributed by atoms with E-state index in [-0.39, 0.29) is 0 Å². The van der Waals surface area contributed by atoms with E-state index in [0.29, 0.717) is 12.0 Å². The van der Waals surface area contributed by atoms with Gasteiger partial charge in [-0.15, -0.1) is 0 Å². The predicted octanol–water partition coefficient (Wildman–Crippen LogP) is 1.67. The van der Waals surface area contributed by atoms with Gasteiger partial charge in [-0.3, -0.25) is 0 Å². The van der Waals surface area contributed by atoms with Gasteiger partial charge in [0.2, 0.25) is 0 Å². The van der Waals surface area contributed by atoms with E-state index in [0.717, 1.165) is 5.92 Å². The van der Waals surface area contributed by atoms with Crippen molar-refractivity contribution in [2.75, 3.05) is 0 Å². The number of rotatable bonds is 0. The first kappa shape index (κ1) is 6.67. The molecule has 0 amide bonds. The van der Waals surface area contributed by atoms with Gasteiger partial charge in [0.1, 0.15) is 0 Å². The van der Waals surface area contributed by atoms with E-state index in [4.69, 9.17) is 5.73 Å². The standard InChI is InChI=1S/C11H13N/c12-11-9-6-5-7-3-1-2-4-8(7)10(9)11/h1-4,9-11H,5-6,12H2. The number of hydrogen-bond acceptors (Lipinski definition) is 1. The van der Waals surface area contributed by atoms with E-state index < -0.39 is 0 Å². The van der Waals surface area contributed by atoms with Gasteiger partial charge in [-0.2, -0.15) is 0 Å². The lowest BCUT2D eigenvalue weighted by Gasteiger charge is -2.13. The van der Waals surface area contributed by atoms with Crippen molar-refractivity contribution in [3.8, 4) is 0 Å². The number of hydrogen-bond donors (Lipinski definition) is 1. The minimum atomic E-state index is 0.466. The Kier molecular flexibility index (Phi) is 1.17. The van der Waals surface area contributed by atoms with Crippen molar-refractivity contribution in [1.82, 2.24) is 0 Å². The first-order valence-electron chi connectivity index (χ1n) is 4.71. The summed E-state index contributed by atoms with van der Waals surface area (Å²) in [7, 11) is 0. The quantitative estimate of drug-likeness (QED) is 0.612. The number of nitrogens with two attached hydrogens (primary N) is 1. The second-order valence-electron chi connectivity index (χ2n) is 4.00. The smallest absolute Gasteiger partial charge is 0.0146 e. The molecule has 0 aromatic heterocycles. The highest BCUT2D eigenvalue weighted by Gasteiger charge is 2.50. The molecule has 1 nitrogen and oxygen atoms in total. The molecule has 2 aliphatic carbocycles. The second kappa shape index (κ2) is 2.11. The van der Waals surface area contributed by atoms with Crippen LogP contribution in [0.2, 0.25) is 0 Å². The Morgan fingerprint density at radius 2 is 2.08 bits per heavy atom. The van der Waals surface area contributed by atoms with Crippen molar-refractivity contribution in [1.29, 1.82) is 0 Å². The number of fused-ring (bicyclic) bond motifs is 3. The fourth-order valence-corrected chi connectivity index (χ4v) is 2.62. The summed E-state index contributed by atoms with van der Waals surface area (Å²) in [6, 6.07) is 9.23. The maximum absolute atomic E-state index is 5.99. The van der Waals surface area contributed by atoms with Gasteiger partial charge in [-0.25, -0.2) is 0 Å². The second-order valence-corrected chi connectivity index (χ2v) is 4.00. The fourth-order valence-electron chi connectivity index (χ4n) is 2.62. The fraction of sp³-hybridized carbons (Fsp3) is 0.455. The van der Waals surface area contributed by atoms with E-state index in [2.05, 4.69) is 24.3 Å². The van der Waals surface area contributed by atoms with Gasteiger partial charge in [-0.05, 0) is 29.9 Å². The molecule has 12 heavy (non-hydrogen) atoms. The molecule has 1 fully saturated rings. The highest BCUT2D eigenvalue weighted by atomic mass is 14.8. The van der Waals surface area contributed by atoms with Crippen LogP contribution < -0.4 is 5.73 Å². The van der Waals surface area contributed by atoms with Crippen molar-refractivity contribution in [2.45, 2.75) is 24.8 Å². The van der Waals surface area contributed by atoms with E-state index in [9.17, 15) is 0 Å². The summed E-state index contributed by atoms with van der Waals surface area (Å²) < 4.78 is 0. The molecule has 2 aliphatic rings. The molecule has 0 radical (unpaired) electrons. The zero-order chi connectivity index (χ0) is 8.13.